The molecular formula is C19H22BrNO4. The predicted molar refractivity (Wildman–Crippen MR) is 99.9 cm³/mol. The third-order valence-corrected chi connectivity index (χ3v) is 4.28. The van der Waals surface area contributed by atoms with Gasteiger partial charge in [0, 0.05) is 17.6 Å². The highest BCUT2D eigenvalue weighted by Crippen LogP contribution is 2.34. The predicted octanol–water partition coefficient (Wildman–Crippen LogP) is 4.11. The van der Waals surface area contributed by atoms with Gasteiger partial charge in [0.2, 0.25) is 6.41 Å². The maximum absolute atomic E-state index is 11.5. The van der Waals surface area contributed by atoms with Crippen molar-refractivity contribution in [2.75, 3.05) is 7.11 Å². The van der Waals surface area contributed by atoms with E-state index in [2.05, 4.69) is 15.9 Å². The molecule has 0 saturated heterocycles. The molecule has 0 fully saturated rings. The van der Waals surface area contributed by atoms with Crippen LogP contribution in [0.1, 0.15) is 25.0 Å². The fourth-order valence-electron chi connectivity index (χ4n) is 2.39. The minimum atomic E-state index is 0.0158. The summed E-state index contributed by atoms with van der Waals surface area (Å²) in [7, 11) is 1.59. The van der Waals surface area contributed by atoms with E-state index in [1.807, 2.05) is 26.0 Å². The number of methoxy groups -OCH3 is 1. The molecular weight excluding hydrogens is 386 g/mol. The molecule has 2 rings (SSSR count). The molecule has 0 unspecified atom stereocenters. The van der Waals surface area contributed by atoms with E-state index >= 15 is 0 Å². The van der Waals surface area contributed by atoms with Crippen LogP contribution in [0.5, 0.6) is 17.2 Å². The lowest BCUT2D eigenvalue weighted by molar-refractivity contribution is -0.119. The molecule has 0 aliphatic rings. The van der Waals surface area contributed by atoms with E-state index in [0.717, 1.165) is 22.0 Å². The molecule has 0 aliphatic heterocycles. The van der Waals surface area contributed by atoms with Crippen molar-refractivity contribution in [2.45, 2.75) is 33.0 Å². The van der Waals surface area contributed by atoms with Crippen LogP contribution in [0.3, 0.4) is 0 Å². The van der Waals surface area contributed by atoms with Crippen LogP contribution in [0.2, 0.25) is 0 Å². The lowest BCUT2D eigenvalue weighted by atomic mass is 10.1. The molecule has 0 atom stereocenters. The molecule has 0 heterocycles. The highest BCUT2D eigenvalue weighted by atomic mass is 79.9. The van der Waals surface area contributed by atoms with Crippen molar-refractivity contribution in [1.29, 1.82) is 0 Å². The minimum Gasteiger partial charge on any atom is -0.508 e. The van der Waals surface area contributed by atoms with Crippen molar-refractivity contribution in [2.24, 2.45) is 0 Å². The van der Waals surface area contributed by atoms with Crippen LogP contribution in [0.15, 0.2) is 40.9 Å². The van der Waals surface area contributed by atoms with Gasteiger partial charge in [-0.25, -0.2) is 0 Å². The lowest BCUT2D eigenvalue weighted by Gasteiger charge is -2.21. The normalized spacial score (nSPS) is 10.6. The van der Waals surface area contributed by atoms with Gasteiger partial charge in [-0.2, -0.15) is 0 Å². The Morgan fingerprint density at radius 1 is 1.16 bits per heavy atom. The Hall–Kier alpha value is -2.21. The van der Waals surface area contributed by atoms with Crippen LogP contribution in [0.4, 0.5) is 0 Å². The van der Waals surface area contributed by atoms with E-state index in [1.165, 1.54) is 0 Å². The van der Waals surface area contributed by atoms with Gasteiger partial charge in [0.15, 0.2) is 11.5 Å². The summed E-state index contributed by atoms with van der Waals surface area (Å²) in [5, 5.41) is 9.36. The van der Waals surface area contributed by atoms with Gasteiger partial charge < -0.3 is 19.5 Å². The number of aromatic hydroxyl groups is 1. The average molecular weight is 408 g/mol. The molecule has 1 amide bonds. The van der Waals surface area contributed by atoms with E-state index in [9.17, 15) is 9.90 Å². The lowest BCUT2D eigenvalue weighted by Crippen LogP contribution is -2.21. The first kappa shape index (κ1) is 19.1. The van der Waals surface area contributed by atoms with Crippen molar-refractivity contribution in [3.63, 3.8) is 0 Å². The highest BCUT2D eigenvalue weighted by Gasteiger charge is 2.14. The van der Waals surface area contributed by atoms with Crippen LogP contribution in [-0.4, -0.2) is 29.6 Å². The van der Waals surface area contributed by atoms with Crippen LogP contribution in [0.25, 0.3) is 0 Å². The topological polar surface area (TPSA) is 59.0 Å². The summed E-state index contributed by atoms with van der Waals surface area (Å²) in [5.41, 5.74) is 1.86. The summed E-state index contributed by atoms with van der Waals surface area (Å²) in [5.74, 6) is 1.49. The molecule has 2 aromatic carbocycles. The maximum Gasteiger partial charge on any atom is 0.210 e. The van der Waals surface area contributed by atoms with Crippen molar-refractivity contribution in [1.82, 2.24) is 4.90 Å². The number of halogens is 1. The van der Waals surface area contributed by atoms with Crippen LogP contribution < -0.4 is 9.47 Å². The summed E-state index contributed by atoms with van der Waals surface area (Å²) in [6, 6.07) is 10.5. The quantitative estimate of drug-likeness (QED) is 0.668. The molecule has 134 valence electrons. The Bertz CT molecular complexity index is 716. The summed E-state index contributed by atoms with van der Waals surface area (Å²) in [6.45, 7) is 4.76. The zero-order chi connectivity index (χ0) is 18.4. The Balaban J connectivity index is 2.20. The van der Waals surface area contributed by atoms with Gasteiger partial charge >= 0.3 is 0 Å². The third kappa shape index (κ3) is 5.39. The molecule has 0 aliphatic carbocycles. The Morgan fingerprint density at radius 3 is 2.40 bits per heavy atom. The van der Waals surface area contributed by atoms with Crippen LogP contribution in [0, 0.1) is 0 Å². The third-order valence-electron chi connectivity index (χ3n) is 3.54. The van der Waals surface area contributed by atoms with Gasteiger partial charge in [-0.1, -0.05) is 28.1 Å². The van der Waals surface area contributed by atoms with E-state index in [-0.39, 0.29) is 11.9 Å². The largest absolute Gasteiger partial charge is 0.508 e. The molecule has 0 spiro atoms. The number of rotatable bonds is 8. The van der Waals surface area contributed by atoms with Gasteiger partial charge in [-0.3, -0.25) is 4.79 Å². The Labute approximate surface area is 156 Å². The van der Waals surface area contributed by atoms with E-state index in [4.69, 9.17) is 9.47 Å². The fraction of sp³-hybridized carbons (Fsp3) is 0.316. The molecule has 0 radical (unpaired) electrons. The van der Waals surface area contributed by atoms with Crippen molar-refractivity contribution >= 4 is 22.3 Å². The zero-order valence-electron chi connectivity index (χ0n) is 14.5. The van der Waals surface area contributed by atoms with Crippen LogP contribution in [-0.2, 0) is 17.9 Å². The second-order valence-corrected chi connectivity index (χ2v) is 6.79. The number of phenols is 1. The molecule has 6 heteroatoms. The summed E-state index contributed by atoms with van der Waals surface area (Å²) in [4.78, 5) is 13.1. The van der Waals surface area contributed by atoms with Gasteiger partial charge in [0.25, 0.3) is 0 Å². The standard InChI is InChI=1S/C19H22BrNO4/c1-13(2)25-19-8-15(17(20)9-18(19)24-3)11-21(12-22)10-14-4-6-16(23)7-5-14/h4-9,12-13,23H,10-11H2,1-3H3. The Kier molecular flexibility index (Phi) is 6.70. The fourth-order valence-corrected chi connectivity index (χ4v) is 2.84. The first-order valence-electron chi connectivity index (χ1n) is 7.93. The first-order valence-corrected chi connectivity index (χ1v) is 8.72. The van der Waals surface area contributed by atoms with Gasteiger partial charge in [0.1, 0.15) is 5.75 Å². The number of carbonyl (C=O) groups excluding carboxylic acids is 1. The van der Waals surface area contributed by atoms with Gasteiger partial charge in [-0.15, -0.1) is 0 Å². The molecule has 1 N–H and O–H groups in total. The second kappa shape index (κ2) is 8.76. The van der Waals surface area contributed by atoms with E-state index < -0.39 is 0 Å². The average Bonchev–Trinajstić information content (AvgIpc) is 2.58. The number of ether oxygens (including phenoxy) is 2. The number of carbonyl (C=O) groups is 1. The summed E-state index contributed by atoms with van der Waals surface area (Å²) < 4.78 is 12.0. The highest BCUT2D eigenvalue weighted by molar-refractivity contribution is 9.10. The number of nitrogens with zero attached hydrogens (tertiary/aromatic N) is 1. The monoisotopic (exact) mass is 407 g/mol. The number of benzene rings is 2. The second-order valence-electron chi connectivity index (χ2n) is 5.94. The SMILES string of the molecule is COc1cc(Br)c(CN(C=O)Cc2ccc(O)cc2)cc1OC(C)C. The molecule has 0 saturated carbocycles. The molecule has 0 aromatic heterocycles. The van der Waals surface area contributed by atoms with E-state index in [1.54, 1.807) is 36.3 Å². The maximum atomic E-state index is 11.5. The Morgan fingerprint density at radius 2 is 1.84 bits per heavy atom. The first-order chi connectivity index (χ1) is 11.9. The van der Waals surface area contributed by atoms with Gasteiger partial charge in [0.05, 0.1) is 13.2 Å². The molecule has 0 bridgehead atoms. The molecule has 5 nitrogen and oxygen atoms in total. The number of hydrogen-bond acceptors (Lipinski definition) is 4. The minimum absolute atomic E-state index is 0.0158. The smallest absolute Gasteiger partial charge is 0.210 e. The van der Waals surface area contributed by atoms with Crippen molar-refractivity contribution < 1.29 is 19.4 Å². The number of hydrogen-bond donors (Lipinski definition) is 1. The van der Waals surface area contributed by atoms with E-state index in [0.29, 0.717) is 24.6 Å². The van der Waals surface area contributed by atoms with Crippen molar-refractivity contribution in [3.05, 3.63) is 52.0 Å². The number of phenolic OH excluding ortho intramolecular Hbond substituents is 1. The summed E-state index contributed by atoms with van der Waals surface area (Å²) >= 11 is 3.53. The molecule has 25 heavy (non-hydrogen) atoms. The summed E-state index contributed by atoms with van der Waals surface area (Å²) in [6.07, 6.45) is 0.828. The van der Waals surface area contributed by atoms with Gasteiger partial charge in [-0.05, 0) is 49.2 Å². The van der Waals surface area contributed by atoms with Crippen molar-refractivity contribution in [3.8, 4) is 17.2 Å². The van der Waals surface area contributed by atoms with Crippen LogP contribution >= 0.6 is 15.9 Å². The zero-order valence-corrected chi connectivity index (χ0v) is 16.1. The number of amides is 1. The molecule has 2 aromatic rings.